The fourth-order valence-corrected chi connectivity index (χ4v) is 5.46. The number of halogens is 2. The Balaban J connectivity index is 1.64. The molecule has 168 valence electrons. The van der Waals surface area contributed by atoms with Gasteiger partial charge in [-0.15, -0.1) is 0 Å². The van der Waals surface area contributed by atoms with Crippen LogP contribution in [0.4, 0.5) is 10.2 Å². The zero-order valence-electron chi connectivity index (χ0n) is 17.4. The number of benzene rings is 2. The molecule has 32 heavy (non-hydrogen) atoms. The highest BCUT2D eigenvalue weighted by Gasteiger charge is 2.29. The number of hydrogen-bond donors (Lipinski definition) is 1. The molecule has 0 saturated carbocycles. The number of nitrogens with zero attached hydrogens (tertiary/aromatic N) is 3. The average molecular weight is 477 g/mol. The summed E-state index contributed by atoms with van der Waals surface area (Å²) in [4.78, 5) is 12.4. The molecule has 1 fully saturated rings. The molecular formula is C22H22ClFN4O3S. The largest absolute Gasteiger partial charge is 0.306 e. The van der Waals surface area contributed by atoms with E-state index in [1.54, 1.807) is 37.3 Å². The smallest absolute Gasteiger partial charge is 0.256 e. The monoisotopic (exact) mass is 476 g/mol. The van der Waals surface area contributed by atoms with Gasteiger partial charge in [0.2, 0.25) is 10.0 Å². The van der Waals surface area contributed by atoms with Gasteiger partial charge in [-0.3, -0.25) is 4.79 Å². The lowest BCUT2D eigenvalue weighted by molar-refractivity contribution is 0.102. The topological polar surface area (TPSA) is 84.3 Å². The van der Waals surface area contributed by atoms with Gasteiger partial charge >= 0.3 is 0 Å². The first-order valence-corrected chi connectivity index (χ1v) is 12.0. The number of carbonyl (C=O) groups excluding carboxylic acids is 1. The number of amides is 1. The highest BCUT2D eigenvalue weighted by Crippen LogP contribution is 2.25. The number of rotatable bonds is 5. The van der Waals surface area contributed by atoms with Crippen LogP contribution in [0.5, 0.6) is 0 Å². The number of carbonyl (C=O) groups is 1. The highest BCUT2D eigenvalue weighted by atomic mass is 35.5. The van der Waals surface area contributed by atoms with Gasteiger partial charge in [0.15, 0.2) is 0 Å². The molecule has 2 heterocycles. The number of anilines is 1. The molecule has 3 aromatic rings. The summed E-state index contributed by atoms with van der Waals surface area (Å²) in [5.41, 5.74) is 1.33. The lowest BCUT2D eigenvalue weighted by Crippen LogP contribution is -2.36. The van der Waals surface area contributed by atoms with Gasteiger partial charge in [-0.1, -0.05) is 24.1 Å². The Morgan fingerprint density at radius 3 is 2.56 bits per heavy atom. The molecule has 0 unspecified atom stereocenters. The molecule has 1 aliphatic rings. The predicted molar refractivity (Wildman–Crippen MR) is 120 cm³/mol. The first-order chi connectivity index (χ1) is 15.3. The summed E-state index contributed by atoms with van der Waals surface area (Å²) in [7, 11) is -4.03. The molecule has 7 nitrogen and oxygen atoms in total. The van der Waals surface area contributed by atoms with Gasteiger partial charge in [0.25, 0.3) is 5.91 Å². The molecule has 4 rings (SSSR count). The van der Waals surface area contributed by atoms with E-state index in [1.807, 2.05) is 0 Å². The van der Waals surface area contributed by atoms with Crippen LogP contribution in [0.15, 0.2) is 53.4 Å². The summed E-state index contributed by atoms with van der Waals surface area (Å²) in [6.07, 6.45) is 2.40. The maximum absolute atomic E-state index is 14.5. The fraction of sp³-hybridized carbons (Fsp3) is 0.273. The molecule has 1 amide bonds. The second-order valence-corrected chi connectivity index (χ2v) is 9.97. The summed E-state index contributed by atoms with van der Waals surface area (Å²) in [6.45, 7) is 2.46. The summed E-state index contributed by atoms with van der Waals surface area (Å²) in [6, 6.07) is 12.0. The van der Waals surface area contributed by atoms with E-state index < -0.39 is 26.6 Å². The van der Waals surface area contributed by atoms with Crippen molar-refractivity contribution < 1.29 is 17.6 Å². The predicted octanol–water partition coefficient (Wildman–Crippen LogP) is 4.40. The molecule has 1 saturated heterocycles. The van der Waals surface area contributed by atoms with Crippen LogP contribution < -0.4 is 5.32 Å². The summed E-state index contributed by atoms with van der Waals surface area (Å²) < 4.78 is 43.2. The van der Waals surface area contributed by atoms with Crippen molar-refractivity contribution >= 4 is 33.3 Å². The molecule has 0 radical (unpaired) electrons. The zero-order valence-corrected chi connectivity index (χ0v) is 19.0. The number of sulfonamides is 1. The van der Waals surface area contributed by atoms with E-state index in [0.717, 1.165) is 31.4 Å². The van der Waals surface area contributed by atoms with Crippen molar-refractivity contribution in [3.05, 3.63) is 70.6 Å². The van der Waals surface area contributed by atoms with Gasteiger partial charge in [0.05, 0.1) is 11.4 Å². The Morgan fingerprint density at radius 2 is 1.84 bits per heavy atom. The number of hydrogen-bond acceptors (Lipinski definition) is 4. The van der Waals surface area contributed by atoms with Crippen LogP contribution in [0, 0.1) is 12.7 Å². The van der Waals surface area contributed by atoms with E-state index in [0.29, 0.717) is 35.3 Å². The Kier molecular flexibility index (Phi) is 6.32. The molecule has 1 aromatic heterocycles. The third-order valence-electron chi connectivity index (χ3n) is 5.25. The number of aromatic nitrogens is 2. The van der Waals surface area contributed by atoms with Gasteiger partial charge in [0.1, 0.15) is 16.5 Å². The van der Waals surface area contributed by atoms with Crippen LogP contribution in [0.1, 0.15) is 35.3 Å². The first kappa shape index (κ1) is 22.4. The van der Waals surface area contributed by atoms with E-state index in [9.17, 15) is 17.6 Å². The van der Waals surface area contributed by atoms with E-state index in [2.05, 4.69) is 10.4 Å². The Labute approximate surface area is 190 Å². The molecular weight excluding hydrogens is 455 g/mol. The van der Waals surface area contributed by atoms with Crippen LogP contribution in [0.2, 0.25) is 5.02 Å². The van der Waals surface area contributed by atoms with Gasteiger partial charge in [-0.05, 0) is 56.2 Å². The Hall–Kier alpha value is -2.75. The fourth-order valence-electron chi connectivity index (χ4n) is 3.67. The minimum Gasteiger partial charge on any atom is -0.306 e. The summed E-state index contributed by atoms with van der Waals surface area (Å²) in [5, 5.41) is 7.63. The van der Waals surface area contributed by atoms with Crippen molar-refractivity contribution in [3.63, 3.8) is 0 Å². The molecule has 10 heteroatoms. The van der Waals surface area contributed by atoms with Crippen molar-refractivity contribution in [2.24, 2.45) is 0 Å². The van der Waals surface area contributed by atoms with Crippen LogP contribution in [0.25, 0.3) is 5.69 Å². The van der Waals surface area contributed by atoms with E-state index in [1.165, 1.54) is 15.1 Å². The van der Waals surface area contributed by atoms with Gasteiger partial charge < -0.3 is 5.32 Å². The Bertz CT molecular complexity index is 1270. The van der Waals surface area contributed by atoms with Crippen molar-refractivity contribution in [2.45, 2.75) is 31.1 Å². The van der Waals surface area contributed by atoms with Crippen molar-refractivity contribution in [1.82, 2.24) is 14.1 Å². The summed E-state index contributed by atoms with van der Waals surface area (Å²) >= 11 is 6.07. The van der Waals surface area contributed by atoms with Crippen LogP contribution in [-0.2, 0) is 10.0 Å². The second-order valence-electron chi connectivity index (χ2n) is 7.63. The minimum absolute atomic E-state index is 0.0264. The molecule has 2 aromatic carbocycles. The molecule has 0 spiro atoms. The average Bonchev–Trinajstić information content (AvgIpc) is 3.14. The maximum Gasteiger partial charge on any atom is 0.256 e. The summed E-state index contributed by atoms with van der Waals surface area (Å²) in [5.74, 6) is -1.09. The van der Waals surface area contributed by atoms with Crippen molar-refractivity contribution in [3.8, 4) is 5.69 Å². The molecule has 1 aliphatic heterocycles. The SMILES string of the molecule is Cc1cc(NC(=O)c2ccc(F)c(S(=O)(=O)N3CCCCC3)c2)n(-c2cccc(Cl)c2)n1. The quantitative estimate of drug-likeness (QED) is 0.591. The van der Waals surface area contributed by atoms with Gasteiger partial charge in [-0.2, -0.15) is 9.40 Å². The van der Waals surface area contributed by atoms with Crippen LogP contribution in [0.3, 0.4) is 0 Å². The van der Waals surface area contributed by atoms with Crippen LogP contribution in [-0.4, -0.2) is 41.5 Å². The Morgan fingerprint density at radius 1 is 1.09 bits per heavy atom. The number of nitrogens with one attached hydrogen (secondary N) is 1. The molecule has 0 aliphatic carbocycles. The van der Waals surface area contributed by atoms with Crippen molar-refractivity contribution in [2.75, 3.05) is 18.4 Å². The van der Waals surface area contributed by atoms with Crippen molar-refractivity contribution in [1.29, 1.82) is 0 Å². The van der Waals surface area contributed by atoms with E-state index in [4.69, 9.17) is 11.6 Å². The molecule has 0 atom stereocenters. The lowest BCUT2D eigenvalue weighted by Gasteiger charge is -2.26. The van der Waals surface area contributed by atoms with E-state index >= 15 is 0 Å². The van der Waals surface area contributed by atoms with Crippen LogP contribution >= 0.6 is 11.6 Å². The standard InChI is InChI=1S/C22H22ClFN4O3S/c1-15-12-21(28(26-15)18-7-5-6-17(23)14-18)25-22(29)16-8-9-19(24)20(13-16)32(30,31)27-10-3-2-4-11-27/h5-9,12-14H,2-4,10-11H2,1H3,(H,25,29). The van der Waals surface area contributed by atoms with E-state index in [-0.39, 0.29) is 5.56 Å². The van der Waals surface area contributed by atoms with Gasteiger partial charge in [0, 0.05) is 29.7 Å². The van der Waals surface area contributed by atoms with Gasteiger partial charge in [-0.25, -0.2) is 17.5 Å². The normalized spacial score (nSPS) is 15.0. The minimum atomic E-state index is -4.03. The zero-order chi connectivity index (χ0) is 22.9. The first-order valence-electron chi connectivity index (χ1n) is 10.2. The maximum atomic E-state index is 14.5. The lowest BCUT2D eigenvalue weighted by atomic mass is 10.2. The molecule has 0 bridgehead atoms. The highest BCUT2D eigenvalue weighted by molar-refractivity contribution is 7.89. The second kappa shape index (κ2) is 9.01. The molecule has 1 N–H and O–H groups in total. The third kappa shape index (κ3) is 4.55. The number of aryl methyl sites for hydroxylation is 1. The third-order valence-corrected chi connectivity index (χ3v) is 7.40. The number of piperidine rings is 1.